The lowest BCUT2D eigenvalue weighted by Gasteiger charge is -2.14. The summed E-state index contributed by atoms with van der Waals surface area (Å²) >= 11 is 0. The van der Waals surface area contributed by atoms with Gasteiger partial charge >= 0.3 is 0 Å². The smallest absolute Gasteiger partial charge is 0.249 e. The third kappa shape index (κ3) is 4.10. The number of ether oxygens (including phenoxy) is 1. The Labute approximate surface area is 178 Å². The Morgan fingerprint density at radius 1 is 1.23 bits per heavy atom. The second-order valence-electron chi connectivity index (χ2n) is 7.19. The lowest BCUT2D eigenvalue weighted by molar-refractivity contribution is 0.100. The number of methoxy groups -OCH3 is 1. The van der Waals surface area contributed by atoms with E-state index >= 15 is 0 Å². The number of nitrogens with one attached hydrogen (secondary N) is 1. The number of nitrogens with zero attached hydrogens (tertiary/aromatic N) is 3. The van der Waals surface area contributed by atoms with Crippen LogP contribution in [0.15, 0.2) is 54.7 Å². The minimum Gasteiger partial charge on any atom is -0.380 e. The van der Waals surface area contributed by atoms with Crippen LogP contribution in [0.2, 0.25) is 0 Å². The fourth-order valence-electron chi connectivity index (χ4n) is 3.57. The predicted molar refractivity (Wildman–Crippen MR) is 117 cm³/mol. The molecule has 0 aliphatic heterocycles. The Bertz CT molecular complexity index is 1250. The number of hydrogen-bond donors (Lipinski definition) is 2. The van der Waals surface area contributed by atoms with E-state index in [0.717, 1.165) is 22.9 Å². The average molecular weight is 419 g/mol. The molecule has 31 heavy (non-hydrogen) atoms. The molecule has 4 rings (SSSR count). The topological polar surface area (TPSA) is 95.1 Å². The van der Waals surface area contributed by atoms with Crippen LogP contribution in [0.5, 0.6) is 0 Å². The molecule has 3 N–H and O–H groups in total. The fraction of sp³-hybridized carbons (Fsp3) is 0.174. The molecule has 0 spiro atoms. The maximum Gasteiger partial charge on any atom is 0.249 e. The molecule has 0 atom stereocenters. The molecular formula is C23H22FN5O2. The van der Waals surface area contributed by atoms with Crippen molar-refractivity contribution < 1.29 is 13.9 Å². The lowest BCUT2D eigenvalue weighted by Crippen LogP contribution is -2.12. The number of aromatic nitrogens is 3. The Morgan fingerprint density at radius 2 is 2.00 bits per heavy atom. The quantitative estimate of drug-likeness (QED) is 0.476. The number of anilines is 1. The zero-order chi connectivity index (χ0) is 22.0. The van der Waals surface area contributed by atoms with E-state index in [1.165, 1.54) is 6.07 Å². The maximum atomic E-state index is 14.2. The highest BCUT2D eigenvalue weighted by atomic mass is 19.1. The van der Waals surface area contributed by atoms with Crippen LogP contribution in [0.1, 0.15) is 27.2 Å². The van der Waals surface area contributed by atoms with Crippen molar-refractivity contribution >= 4 is 22.6 Å². The Hall–Kier alpha value is -3.78. The molecule has 2 aromatic heterocycles. The summed E-state index contributed by atoms with van der Waals surface area (Å²) in [5.41, 5.74) is 8.68. The van der Waals surface area contributed by atoms with Gasteiger partial charge in [-0.15, -0.1) is 0 Å². The molecule has 0 aliphatic carbocycles. The summed E-state index contributed by atoms with van der Waals surface area (Å²) in [6.07, 6.45) is 1.68. The van der Waals surface area contributed by atoms with E-state index in [2.05, 4.69) is 15.3 Å². The van der Waals surface area contributed by atoms with Gasteiger partial charge in [-0.05, 0) is 30.7 Å². The molecule has 0 saturated heterocycles. The van der Waals surface area contributed by atoms with Gasteiger partial charge in [0.2, 0.25) is 11.9 Å². The SMILES string of the molecule is COCc1cnc(-n2c(C)cc3c(C(N)=O)cc(F)cc32)nc1NCc1ccccc1. The van der Waals surface area contributed by atoms with Gasteiger partial charge in [0, 0.05) is 36.5 Å². The molecule has 0 saturated carbocycles. The van der Waals surface area contributed by atoms with Gasteiger partial charge in [-0.1, -0.05) is 30.3 Å². The molecule has 0 radical (unpaired) electrons. The van der Waals surface area contributed by atoms with Crippen molar-refractivity contribution in [1.82, 2.24) is 14.5 Å². The summed E-state index contributed by atoms with van der Waals surface area (Å²) in [5.74, 6) is -0.283. The largest absolute Gasteiger partial charge is 0.380 e. The molecule has 0 bridgehead atoms. The number of nitrogens with two attached hydrogens (primary N) is 1. The van der Waals surface area contributed by atoms with E-state index in [1.807, 2.05) is 37.3 Å². The van der Waals surface area contributed by atoms with E-state index in [9.17, 15) is 9.18 Å². The molecule has 1 amide bonds. The van der Waals surface area contributed by atoms with Crippen LogP contribution in [0.25, 0.3) is 16.9 Å². The third-order valence-corrected chi connectivity index (χ3v) is 4.99. The van der Waals surface area contributed by atoms with E-state index in [1.54, 1.807) is 23.9 Å². The number of amides is 1. The van der Waals surface area contributed by atoms with E-state index < -0.39 is 11.7 Å². The molecule has 0 fully saturated rings. The number of aryl methyl sites for hydroxylation is 1. The summed E-state index contributed by atoms with van der Waals surface area (Å²) in [7, 11) is 1.60. The number of hydrogen-bond acceptors (Lipinski definition) is 5. The average Bonchev–Trinajstić information content (AvgIpc) is 3.08. The maximum absolute atomic E-state index is 14.2. The second-order valence-corrected chi connectivity index (χ2v) is 7.19. The van der Waals surface area contributed by atoms with Crippen LogP contribution >= 0.6 is 0 Å². The molecule has 0 unspecified atom stereocenters. The van der Waals surface area contributed by atoms with Crippen LogP contribution in [0.4, 0.5) is 10.2 Å². The Balaban J connectivity index is 1.80. The number of primary amides is 1. The summed E-state index contributed by atoms with van der Waals surface area (Å²) in [5, 5.41) is 3.88. The molecule has 7 nitrogen and oxygen atoms in total. The van der Waals surface area contributed by atoms with Crippen LogP contribution in [0, 0.1) is 12.7 Å². The van der Waals surface area contributed by atoms with Gasteiger partial charge in [0.1, 0.15) is 11.6 Å². The molecular weight excluding hydrogens is 397 g/mol. The van der Waals surface area contributed by atoms with E-state index in [0.29, 0.717) is 35.8 Å². The normalized spacial score (nSPS) is 11.1. The summed E-state index contributed by atoms with van der Waals surface area (Å²) < 4.78 is 21.2. The van der Waals surface area contributed by atoms with Gasteiger partial charge in [0.15, 0.2) is 0 Å². The molecule has 8 heteroatoms. The van der Waals surface area contributed by atoms with Gasteiger partial charge in [0.25, 0.3) is 0 Å². The van der Waals surface area contributed by atoms with E-state index in [4.69, 9.17) is 10.5 Å². The first kappa shape index (κ1) is 20.5. The highest BCUT2D eigenvalue weighted by molar-refractivity contribution is 6.06. The standard InChI is InChI=1S/C23H22FN5O2/c1-14-8-18-19(21(25)30)9-17(24)10-20(18)29(14)23-27-12-16(13-31-2)22(28-23)26-11-15-6-4-3-5-7-15/h3-10,12H,11,13H2,1-2H3,(H2,25,30)(H,26,27,28). The summed E-state index contributed by atoms with van der Waals surface area (Å²) in [4.78, 5) is 21.0. The first-order valence-corrected chi connectivity index (χ1v) is 9.72. The number of benzene rings is 2. The minimum atomic E-state index is -0.691. The van der Waals surface area contributed by atoms with Crippen LogP contribution in [-0.2, 0) is 17.9 Å². The van der Waals surface area contributed by atoms with Gasteiger partial charge < -0.3 is 15.8 Å². The Kier molecular flexibility index (Phi) is 5.64. The van der Waals surface area contributed by atoms with E-state index in [-0.39, 0.29) is 5.56 Å². The zero-order valence-corrected chi connectivity index (χ0v) is 17.2. The highest BCUT2D eigenvalue weighted by Gasteiger charge is 2.18. The number of rotatable bonds is 7. The number of carbonyl (C=O) groups excluding carboxylic acids is 1. The monoisotopic (exact) mass is 419 g/mol. The Morgan fingerprint density at radius 3 is 2.71 bits per heavy atom. The number of carbonyl (C=O) groups is 1. The lowest BCUT2D eigenvalue weighted by atomic mass is 10.1. The number of fused-ring (bicyclic) bond motifs is 1. The van der Waals surface area contributed by atoms with Gasteiger partial charge in [0.05, 0.1) is 17.7 Å². The van der Waals surface area contributed by atoms with Crippen LogP contribution in [-0.4, -0.2) is 27.6 Å². The molecule has 0 aliphatic rings. The van der Waals surface area contributed by atoms with Crippen molar-refractivity contribution in [3.63, 3.8) is 0 Å². The van der Waals surface area contributed by atoms with Gasteiger partial charge in [-0.2, -0.15) is 4.98 Å². The van der Waals surface area contributed by atoms with Crippen LogP contribution < -0.4 is 11.1 Å². The first-order valence-electron chi connectivity index (χ1n) is 9.72. The third-order valence-electron chi connectivity index (χ3n) is 4.99. The van der Waals surface area contributed by atoms with Crippen LogP contribution in [0.3, 0.4) is 0 Å². The van der Waals surface area contributed by atoms with Crippen molar-refractivity contribution in [3.05, 3.63) is 82.9 Å². The second kappa shape index (κ2) is 8.53. The first-order chi connectivity index (χ1) is 15.0. The minimum absolute atomic E-state index is 0.121. The molecule has 158 valence electrons. The summed E-state index contributed by atoms with van der Waals surface area (Å²) in [6.45, 7) is 2.75. The van der Waals surface area contributed by atoms with Crippen molar-refractivity contribution in [3.8, 4) is 5.95 Å². The van der Waals surface area contributed by atoms with Crippen molar-refractivity contribution in [1.29, 1.82) is 0 Å². The molecule has 2 heterocycles. The fourth-order valence-corrected chi connectivity index (χ4v) is 3.57. The van der Waals surface area contributed by atoms with Crippen molar-refractivity contribution in [2.45, 2.75) is 20.1 Å². The van der Waals surface area contributed by atoms with Crippen molar-refractivity contribution in [2.24, 2.45) is 5.73 Å². The number of halogens is 1. The predicted octanol–water partition coefficient (Wildman–Crippen LogP) is 3.73. The van der Waals surface area contributed by atoms with Gasteiger partial charge in [-0.3, -0.25) is 9.36 Å². The molecule has 2 aromatic carbocycles. The van der Waals surface area contributed by atoms with Crippen molar-refractivity contribution in [2.75, 3.05) is 12.4 Å². The highest BCUT2D eigenvalue weighted by Crippen LogP contribution is 2.27. The molecule has 4 aromatic rings. The zero-order valence-electron chi connectivity index (χ0n) is 17.2. The van der Waals surface area contributed by atoms with Gasteiger partial charge in [-0.25, -0.2) is 9.37 Å². The summed E-state index contributed by atoms with van der Waals surface area (Å²) in [6, 6.07) is 14.2.